The van der Waals surface area contributed by atoms with Crippen LogP contribution < -0.4 is 16.8 Å². The summed E-state index contributed by atoms with van der Waals surface area (Å²) in [5.41, 5.74) is 13.8. The predicted molar refractivity (Wildman–Crippen MR) is 98.6 cm³/mol. The van der Waals surface area contributed by atoms with Gasteiger partial charge in [-0.15, -0.1) is 0 Å². The Hall–Kier alpha value is -2.17. The summed E-state index contributed by atoms with van der Waals surface area (Å²) in [4.78, 5) is 12.2. The summed E-state index contributed by atoms with van der Waals surface area (Å²) in [5.74, 6) is 0.0245. The molecule has 5 N–H and O–H groups in total. The van der Waals surface area contributed by atoms with Crippen LogP contribution in [-0.2, 0) is 4.79 Å². The van der Waals surface area contributed by atoms with Gasteiger partial charge in [0.25, 0.3) is 0 Å². The van der Waals surface area contributed by atoms with E-state index in [1.165, 1.54) is 11.1 Å². The third kappa shape index (κ3) is 5.48. The molecule has 0 radical (unpaired) electrons. The predicted octanol–water partition coefficient (Wildman–Crippen LogP) is 2.39. The van der Waals surface area contributed by atoms with Crippen molar-refractivity contribution < 1.29 is 4.79 Å². The van der Waals surface area contributed by atoms with Crippen molar-refractivity contribution >= 4 is 5.91 Å². The van der Waals surface area contributed by atoms with Crippen LogP contribution in [0.4, 0.5) is 0 Å². The molecule has 2 rings (SSSR count). The molecule has 0 heterocycles. The number of nitrogens with two attached hydrogens (primary N) is 2. The van der Waals surface area contributed by atoms with Gasteiger partial charge in [-0.05, 0) is 30.5 Å². The maximum atomic E-state index is 12.2. The van der Waals surface area contributed by atoms with Gasteiger partial charge in [0.15, 0.2) is 0 Å². The first-order valence-corrected chi connectivity index (χ1v) is 8.55. The number of rotatable bonds is 9. The van der Waals surface area contributed by atoms with Crippen LogP contribution in [0.5, 0.6) is 0 Å². The van der Waals surface area contributed by atoms with Crippen LogP contribution in [0.2, 0.25) is 0 Å². The molecule has 0 saturated carbocycles. The summed E-state index contributed by atoms with van der Waals surface area (Å²) >= 11 is 0. The van der Waals surface area contributed by atoms with Gasteiger partial charge >= 0.3 is 0 Å². The molecule has 0 unspecified atom stereocenters. The topological polar surface area (TPSA) is 81.1 Å². The Morgan fingerprint density at radius 2 is 1.46 bits per heavy atom. The molecule has 0 spiro atoms. The van der Waals surface area contributed by atoms with Gasteiger partial charge in [-0.25, -0.2) is 0 Å². The van der Waals surface area contributed by atoms with Crippen LogP contribution >= 0.6 is 0 Å². The van der Waals surface area contributed by atoms with E-state index in [2.05, 4.69) is 29.6 Å². The molecule has 4 nitrogen and oxygen atoms in total. The number of hydrogen-bond donors (Lipinski definition) is 3. The number of nitrogens with one attached hydrogen (secondary N) is 1. The van der Waals surface area contributed by atoms with E-state index in [0.717, 1.165) is 12.8 Å². The molecule has 0 aliphatic heterocycles. The highest BCUT2D eigenvalue weighted by molar-refractivity contribution is 5.81. The van der Waals surface area contributed by atoms with Crippen LogP contribution in [0.3, 0.4) is 0 Å². The molecule has 24 heavy (non-hydrogen) atoms. The fourth-order valence-corrected chi connectivity index (χ4v) is 2.77. The fourth-order valence-electron chi connectivity index (χ4n) is 2.77. The van der Waals surface area contributed by atoms with Crippen molar-refractivity contribution in [3.8, 4) is 0 Å². The quantitative estimate of drug-likeness (QED) is 0.619. The van der Waals surface area contributed by atoms with Crippen molar-refractivity contribution in [3.05, 3.63) is 71.8 Å². The molecule has 0 saturated heterocycles. The third-order valence-electron chi connectivity index (χ3n) is 4.19. The van der Waals surface area contributed by atoms with Crippen LogP contribution in [0.25, 0.3) is 0 Å². The molecule has 0 aromatic heterocycles. The Morgan fingerprint density at radius 1 is 0.917 bits per heavy atom. The zero-order valence-corrected chi connectivity index (χ0v) is 14.0. The Kier molecular flexibility index (Phi) is 7.46. The van der Waals surface area contributed by atoms with Crippen molar-refractivity contribution in [2.24, 2.45) is 11.5 Å². The number of hydrogen-bond acceptors (Lipinski definition) is 3. The lowest BCUT2D eigenvalue weighted by Gasteiger charge is -2.20. The van der Waals surface area contributed by atoms with Crippen LogP contribution in [0, 0.1) is 0 Å². The van der Waals surface area contributed by atoms with Crippen molar-refractivity contribution in [2.45, 2.75) is 31.2 Å². The number of unbranched alkanes of at least 4 members (excludes halogenated alkanes) is 1. The minimum absolute atomic E-state index is 0.0936. The summed E-state index contributed by atoms with van der Waals surface area (Å²) in [6, 6.07) is 20.0. The molecule has 1 amide bonds. The Morgan fingerprint density at radius 3 is 1.96 bits per heavy atom. The lowest BCUT2D eigenvalue weighted by atomic mass is 9.91. The zero-order chi connectivity index (χ0) is 17.2. The van der Waals surface area contributed by atoms with E-state index in [-0.39, 0.29) is 11.8 Å². The number of amides is 1. The van der Waals surface area contributed by atoms with E-state index >= 15 is 0 Å². The zero-order valence-electron chi connectivity index (χ0n) is 14.0. The molecule has 0 aliphatic rings. The van der Waals surface area contributed by atoms with Crippen LogP contribution in [0.1, 0.15) is 36.3 Å². The second kappa shape index (κ2) is 9.85. The Balaban J connectivity index is 2.00. The van der Waals surface area contributed by atoms with Gasteiger partial charge in [-0.1, -0.05) is 67.1 Å². The first kappa shape index (κ1) is 18.2. The average molecular weight is 325 g/mol. The van der Waals surface area contributed by atoms with Gasteiger partial charge in [0.05, 0.1) is 6.04 Å². The molecule has 2 aromatic rings. The average Bonchev–Trinajstić information content (AvgIpc) is 2.63. The highest BCUT2D eigenvalue weighted by atomic mass is 16.2. The van der Waals surface area contributed by atoms with Gasteiger partial charge in [0.1, 0.15) is 0 Å². The monoisotopic (exact) mass is 325 g/mol. The Labute approximate surface area is 144 Å². The number of carbonyl (C=O) groups excluding carboxylic acids is 1. The highest BCUT2D eigenvalue weighted by Crippen LogP contribution is 2.23. The standard InChI is InChI=1S/C20H27N3O/c21-14-8-7-13-19(22)20(24)23-15-18(16-9-3-1-4-10-16)17-11-5-2-6-12-17/h1-6,9-12,18-19H,7-8,13-15,21-22H2,(H,23,24)/t19-/m1/s1. The first-order chi connectivity index (χ1) is 11.7. The second-order valence-corrected chi connectivity index (χ2v) is 6.01. The second-order valence-electron chi connectivity index (χ2n) is 6.01. The largest absolute Gasteiger partial charge is 0.354 e. The molecule has 4 heteroatoms. The SMILES string of the molecule is NCCCC[C@@H](N)C(=O)NCC(c1ccccc1)c1ccccc1. The van der Waals surface area contributed by atoms with E-state index < -0.39 is 6.04 Å². The molecule has 0 fully saturated rings. The summed E-state index contributed by atoms with van der Waals surface area (Å²) in [7, 11) is 0. The fraction of sp³-hybridized carbons (Fsp3) is 0.350. The van der Waals surface area contributed by atoms with E-state index in [9.17, 15) is 4.79 Å². The van der Waals surface area contributed by atoms with Crippen molar-refractivity contribution in [2.75, 3.05) is 13.1 Å². The number of benzene rings is 2. The molecule has 0 aliphatic carbocycles. The van der Waals surface area contributed by atoms with Gasteiger partial charge < -0.3 is 16.8 Å². The molecule has 1 atom stereocenters. The van der Waals surface area contributed by atoms with Gasteiger partial charge in [-0.2, -0.15) is 0 Å². The summed E-state index contributed by atoms with van der Waals surface area (Å²) in [6.45, 7) is 1.18. The summed E-state index contributed by atoms with van der Waals surface area (Å²) < 4.78 is 0. The van der Waals surface area contributed by atoms with E-state index in [1.807, 2.05) is 36.4 Å². The van der Waals surface area contributed by atoms with Crippen molar-refractivity contribution in [1.82, 2.24) is 5.32 Å². The Bertz CT molecular complexity index is 561. The first-order valence-electron chi connectivity index (χ1n) is 8.55. The molecule has 128 valence electrons. The summed E-state index contributed by atoms with van der Waals surface area (Å²) in [5, 5.41) is 3.01. The minimum atomic E-state index is -0.469. The maximum absolute atomic E-state index is 12.2. The minimum Gasteiger partial charge on any atom is -0.354 e. The molecular weight excluding hydrogens is 298 g/mol. The van der Waals surface area contributed by atoms with E-state index in [1.54, 1.807) is 0 Å². The smallest absolute Gasteiger partial charge is 0.236 e. The van der Waals surface area contributed by atoms with E-state index in [4.69, 9.17) is 11.5 Å². The molecule has 0 bridgehead atoms. The maximum Gasteiger partial charge on any atom is 0.236 e. The van der Waals surface area contributed by atoms with Gasteiger partial charge in [0.2, 0.25) is 5.91 Å². The number of carbonyl (C=O) groups is 1. The lowest BCUT2D eigenvalue weighted by Crippen LogP contribution is -2.42. The van der Waals surface area contributed by atoms with Crippen molar-refractivity contribution in [1.29, 1.82) is 0 Å². The van der Waals surface area contributed by atoms with Gasteiger partial charge in [-0.3, -0.25) is 4.79 Å². The van der Waals surface area contributed by atoms with Crippen molar-refractivity contribution in [3.63, 3.8) is 0 Å². The normalized spacial score (nSPS) is 12.1. The van der Waals surface area contributed by atoms with Crippen LogP contribution in [0.15, 0.2) is 60.7 Å². The highest BCUT2D eigenvalue weighted by Gasteiger charge is 2.18. The van der Waals surface area contributed by atoms with Gasteiger partial charge in [0, 0.05) is 12.5 Å². The summed E-state index contributed by atoms with van der Waals surface area (Å²) in [6.07, 6.45) is 2.45. The molecular formula is C20H27N3O. The molecule has 2 aromatic carbocycles. The van der Waals surface area contributed by atoms with E-state index in [0.29, 0.717) is 19.5 Å². The van der Waals surface area contributed by atoms with Crippen LogP contribution in [-0.4, -0.2) is 25.0 Å². The third-order valence-corrected chi connectivity index (χ3v) is 4.19. The lowest BCUT2D eigenvalue weighted by molar-refractivity contribution is -0.122.